The number of piperidine rings is 1. The number of H-pyrrole nitrogens is 1. The smallest absolute Gasteiger partial charge is 0.255 e. The van der Waals surface area contributed by atoms with Gasteiger partial charge in [-0.15, -0.1) is 0 Å². The van der Waals surface area contributed by atoms with Gasteiger partial charge < -0.3 is 9.88 Å². The number of amides is 1. The highest BCUT2D eigenvalue weighted by molar-refractivity contribution is 5.94. The van der Waals surface area contributed by atoms with Crippen molar-refractivity contribution in [3.8, 4) is 6.07 Å². The predicted molar refractivity (Wildman–Crippen MR) is 61.4 cm³/mol. The number of likely N-dealkylation sites (tertiary alicyclic amines) is 1. The Morgan fingerprint density at radius 3 is 3.06 bits per heavy atom. The van der Waals surface area contributed by atoms with Crippen LogP contribution in [0.25, 0.3) is 0 Å². The van der Waals surface area contributed by atoms with Crippen molar-refractivity contribution < 1.29 is 4.79 Å². The van der Waals surface area contributed by atoms with Gasteiger partial charge in [-0.25, -0.2) is 0 Å². The van der Waals surface area contributed by atoms with E-state index in [0.717, 1.165) is 12.8 Å². The monoisotopic (exact) mass is 231 g/mol. The molecule has 0 bridgehead atoms. The van der Waals surface area contributed by atoms with Crippen molar-refractivity contribution in [1.29, 1.82) is 5.26 Å². The van der Waals surface area contributed by atoms with Crippen molar-refractivity contribution in [1.82, 2.24) is 9.88 Å². The fourth-order valence-electron chi connectivity index (χ4n) is 2.05. The number of nitriles is 1. The van der Waals surface area contributed by atoms with E-state index in [1.54, 1.807) is 11.0 Å². The summed E-state index contributed by atoms with van der Waals surface area (Å²) in [6.45, 7) is 0.587. The summed E-state index contributed by atoms with van der Waals surface area (Å²) in [5, 5.41) is 9.00. The summed E-state index contributed by atoms with van der Waals surface area (Å²) in [6.07, 6.45) is 4.04. The van der Waals surface area contributed by atoms with Crippen LogP contribution < -0.4 is 5.56 Å². The molecule has 1 aliphatic rings. The van der Waals surface area contributed by atoms with E-state index in [1.807, 2.05) is 0 Å². The number of aromatic nitrogens is 1. The molecule has 0 aliphatic carbocycles. The third kappa shape index (κ3) is 2.36. The van der Waals surface area contributed by atoms with E-state index in [-0.39, 0.29) is 17.5 Å². The largest absolute Gasteiger partial charge is 0.329 e. The van der Waals surface area contributed by atoms with Gasteiger partial charge in [0.2, 0.25) is 5.56 Å². The Bertz CT molecular complexity index is 515. The zero-order chi connectivity index (χ0) is 12.3. The van der Waals surface area contributed by atoms with Gasteiger partial charge in [0.05, 0.1) is 6.07 Å². The van der Waals surface area contributed by atoms with E-state index in [9.17, 15) is 9.59 Å². The molecule has 1 unspecified atom stereocenters. The molecule has 1 saturated heterocycles. The maximum Gasteiger partial charge on any atom is 0.255 e. The normalized spacial score (nSPS) is 19.7. The second kappa shape index (κ2) is 4.83. The number of rotatable bonds is 1. The van der Waals surface area contributed by atoms with Crippen LogP contribution in [0.4, 0.5) is 0 Å². The van der Waals surface area contributed by atoms with Crippen molar-refractivity contribution in [3.63, 3.8) is 0 Å². The Morgan fingerprint density at radius 2 is 2.35 bits per heavy atom. The fourth-order valence-corrected chi connectivity index (χ4v) is 2.05. The number of hydrogen-bond acceptors (Lipinski definition) is 3. The molecule has 17 heavy (non-hydrogen) atoms. The molecule has 2 heterocycles. The first-order valence-electron chi connectivity index (χ1n) is 5.61. The van der Waals surface area contributed by atoms with Crippen LogP contribution in [0.2, 0.25) is 0 Å². The Labute approximate surface area is 98.7 Å². The van der Waals surface area contributed by atoms with Crippen molar-refractivity contribution in [3.05, 3.63) is 34.2 Å². The molecule has 88 valence electrons. The van der Waals surface area contributed by atoms with E-state index in [1.165, 1.54) is 12.3 Å². The summed E-state index contributed by atoms with van der Waals surface area (Å²) in [7, 11) is 0. The van der Waals surface area contributed by atoms with Gasteiger partial charge in [0.1, 0.15) is 6.04 Å². The van der Waals surface area contributed by atoms with Gasteiger partial charge in [0.15, 0.2) is 0 Å². The van der Waals surface area contributed by atoms with Crippen molar-refractivity contribution in [2.45, 2.75) is 25.3 Å². The lowest BCUT2D eigenvalue weighted by atomic mass is 10.0. The molecule has 5 nitrogen and oxygen atoms in total. The third-order valence-electron chi connectivity index (χ3n) is 2.93. The van der Waals surface area contributed by atoms with Crippen LogP contribution in [0.3, 0.4) is 0 Å². The topological polar surface area (TPSA) is 77.0 Å². The summed E-state index contributed by atoms with van der Waals surface area (Å²) in [5.41, 5.74) is 0.0391. The summed E-state index contributed by atoms with van der Waals surface area (Å²) < 4.78 is 0. The van der Waals surface area contributed by atoms with E-state index in [0.29, 0.717) is 18.5 Å². The van der Waals surface area contributed by atoms with E-state index >= 15 is 0 Å². The van der Waals surface area contributed by atoms with Gasteiger partial charge in [-0.1, -0.05) is 0 Å². The first-order chi connectivity index (χ1) is 8.22. The van der Waals surface area contributed by atoms with E-state index in [2.05, 4.69) is 11.1 Å². The number of nitrogens with one attached hydrogen (secondary N) is 1. The minimum Gasteiger partial charge on any atom is -0.329 e. The Morgan fingerprint density at radius 1 is 1.53 bits per heavy atom. The molecule has 0 aromatic carbocycles. The van der Waals surface area contributed by atoms with Crippen LogP contribution in [-0.2, 0) is 0 Å². The number of carbonyl (C=O) groups is 1. The summed E-state index contributed by atoms with van der Waals surface area (Å²) in [6, 6.07) is 4.60. The highest BCUT2D eigenvalue weighted by atomic mass is 16.2. The molecular weight excluding hydrogens is 218 g/mol. The van der Waals surface area contributed by atoms with Gasteiger partial charge in [-0.3, -0.25) is 9.59 Å². The lowest BCUT2D eigenvalue weighted by Crippen LogP contribution is -2.43. The molecule has 1 atom stereocenters. The van der Waals surface area contributed by atoms with Gasteiger partial charge >= 0.3 is 0 Å². The third-order valence-corrected chi connectivity index (χ3v) is 2.93. The Kier molecular flexibility index (Phi) is 3.24. The quantitative estimate of drug-likeness (QED) is 0.779. The van der Waals surface area contributed by atoms with Crippen molar-refractivity contribution in [2.75, 3.05) is 6.54 Å². The molecule has 0 spiro atoms. The molecule has 1 aliphatic heterocycles. The van der Waals surface area contributed by atoms with Crippen LogP contribution >= 0.6 is 0 Å². The van der Waals surface area contributed by atoms with Crippen molar-refractivity contribution >= 4 is 5.91 Å². The zero-order valence-electron chi connectivity index (χ0n) is 9.35. The lowest BCUT2D eigenvalue weighted by Gasteiger charge is -2.31. The molecule has 2 rings (SSSR count). The maximum absolute atomic E-state index is 12.1. The molecule has 1 aromatic heterocycles. The molecule has 1 aromatic rings. The number of hydrogen-bond donors (Lipinski definition) is 1. The average Bonchev–Trinajstić information content (AvgIpc) is 2.38. The molecule has 0 saturated carbocycles. The van der Waals surface area contributed by atoms with Gasteiger partial charge in [0, 0.05) is 24.4 Å². The van der Waals surface area contributed by atoms with E-state index in [4.69, 9.17) is 5.26 Å². The molecule has 1 fully saturated rings. The number of pyridine rings is 1. The minimum atomic E-state index is -0.365. The summed E-state index contributed by atoms with van der Waals surface area (Å²) in [4.78, 5) is 27.3. The highest BCUT2D eigenvalue weighted by Gasteiger charge is 2.27. The lowest BCUT2D eigenvalue weighted by molar-refractivity contribution is 0.0670. The number of aromatic amines is 1. The number of nitrogens with zero attached hydrogens (tertiary/aromatic N) is 2. The van der Waals surface area contributed by atoms with Crippen LogP contribution in [0.15, 0.2) is 23.1 Å². The highest BCUT2D eigenvalue weighted by Crippen LogP contribution is 2.18. The molecular formula is C12H13N3O2. The molecule has 5 heteroatoms. The molecule has 1 amide bonds. The average molecular weight is 231 g/mol. The predicted octanol–water partition coefficient (Wildman–Crippen LogP) is 0.893. The van der Waals surface area contributed by atoms with E-state index < -0.39 is 0 Å². The zero-order valence-corrected chi connectivity index (χ0v) is 9.35. The second-order valence-corrected chi connectivity index (χ2v) is 4.08. The van der Waals surface area contributed by atoms with Gasteiger partial charge in [-0.2, -0.15) is 5.26 Å². The SMILES string of the molecule is N#CC1CCCCN1C(=O)c1cc[nH]c(=O)c1. The molecule has 0 radical (unpaired) electrons. The van der Waals surface area contributed by atoms with Crippen LogP contribution in [-0.4, -0.2) is 28.4 Å². The standard InChI is InChI=1S/C12H13N3O2/c13-8-10-3-1-2-6-15(10)12(17)9-4-5-14-11(16)7-9/h4-5,7,10H,1-3,6H2,(H,14,16). The summed E-state index contributed by atoms with van der Waals surface area (Å²) in [5.74, 6) is -0.234. The Hall–Kier alpha value is -2.09. The first kappa shape index (κ1) is 11.4. The van der Waals surface area contributed by atoms with Gasteiger partial charge in [-0.05, 0) is 25.3 Å². The second-order valence-electron chi connectivity index (χ2n) is 4.08. The van der Waals surface area contributed by atoms with Crippen LogP contribution in [0.1, 0.15) is 29.6 Å². The Balaban J connectivity index is 2.25. The fraction of sp³-hybridized carbons (Fsp3) is 0.417. The number of carbonyl (C=O) groups excluding carboxylic acids is 1. The minimum absolute atomic E-state index is 0.234. The van der Waals surface area contributed by atoms with Crippen LogP contribution in [0, 0.1) is 11.3 Å². The van der Waals surface area contributed by atoms with Crippen molar-refractivity contribution in [2.24, 2.45) is 0 Å². The maximum atomic E-state index is 12.1. The summed E-state index contributed by atoms with van der Waals surface area (Å²) >= 11 is 0. The van der Waals surface area contributed by atoms with Gasteiger partial charge in [0.25, 0.3) is 5.91 Å². The molecule has 1 N–H and O–H groups in total. The van der Waals surface area contributed by atoms with Crippen LogP contribution in [0.5, 0.6) is 0 Å². The first-order valence-corrected chi connectivity index (χ1v) is 5.61.